The van der Waals surface area contributed by atoms with Gasteiger partial charge in [-0.15, -0.1) is 10.2 Å². The van der Waals surface area contributed by atoms with Crippen LogP contribution in [-0.4, -0.2) is 10.2 Å². The second-order valence-corrected chi connectivity index (χ2v) is 3.87. The number of hydrogen-bond donors (Lipinski definition) is 1. The van der Waals surface area contributed by atoms with E-state index >= 15 is 0 Å². The molecule has 4 nitrogen and oxygen atoms in total. The highest BCUT2D eigenvalue weighted by Gasteiger charge is 2.07. The maximum absolute atomic E-state index is 12.7. The zero-order valence-corrected chi connectivity index (χ0v) is 9.77. The van der Waals surface area contributed by atoms with Crippen molar-refractivity contribution >= 4 is 0 Å². The van der Waals surface area contributed by atoms with Crippen molar-refractivity contribution in [2.45, 2.75) is 26.4 Å². The minimum absolute atomic E-state index is 0.0998. The molecule has 0 bridgehead atoms. The minimum atomic E-state index is -0.228. The molecule has 0 saturated heterocycles. The van der Waals surface area contributed by atoms with Crippen LogP contribution in [0, 0.1) is 12.7 Å². The van der Waals surface area contributed by atoms with Crippen LogP contribution >= 0.6 is 0 Å². The van der Waals surface area contributed by atoms with Crippen molar-refractivity contribution in [3.8, 4) is 0 Å². The van der Waals surface area contributed by atoms with Crippen molar-refractivity contribution in [1.29, 1.82) is 0 Å². The van der Waals surface area contributed by atoms with Crippen molar-refractivity contribution in [2.75, 3.05) is 0 Å². The molecule has 0 fully saturated rings. The summed E-state index contributed by atoms with van der Waals surface area (Å²) < 4.78 is 18.0. The number of nitrogens with zero attached hydrogens (tertiary/aromatic N) is 2. The predicted molar refractivity (Wildman–Crippen MR) is 60.7 cm³/mol. The first-order valence-electron chi connectivity index (χ1n) is 5.43. The fourth-order valence-corrected chi connectivity index (χ4v) is 1.52. The molecule has 0 amide bonds. The Kier molecular flexibility index (Phi) is 3.49. The molecule has 0 aliphatic carbocycles. The molecule has 17 heavy (non-hydrogen) atoms. The van der Waals surface area contributed by atoms with Crippen molar-refractivity contribution in [3.63, 3.8) is 0 Å². The first kappa shape index (κ1) is 11.7. The van der Waals surface area contributed by atoms with Gasteiger partial charge in [0.05, 0.1) is 6.54 Å². The van der Waals surface area contributed by atoms with E-state index in [0.717, 1.165) is 5.56 Å². The van der Waals surface area contributed by atoms with Gasteiger partial charge >= 0.3 is 0 Å². The van der Waals surface area contributed by atoms with Gasteiger partial charge < -0.3 is 9.73 Å². The Morgan fingerprint density at radius 2 is 2.00 bits per heavy atom. The average Bonchev–Trinajstić information content (AvgIpc) is 2.73. The molecule has 0 aliphatic heterocycles. The van der Waals surface area contributed by atoms with Crippen LogP contribution in [0.4, 0.5) is 4.39 Å². The lowest BCUT2D eigenvalue weighted by molar-refractivity contribution is 0.430. The number of benzene rings is 1. The van der Waals surface area contributed by atoms with Crippen LogP contribution in [0.25, 0.3) is 0 Å². The summed E-state index contributed by atoms with van der Waals surface area (Å²) in [6.07, 6.45) is 0. The van der Waals surface area contributed by atoms with Crippen LogP contribution in [0.2, 0.25) is 0 Å². The number of rotatable bonds is 4. The highest BCUT2D eigenvalue weighted by Crippen LogP contribution is 2.13. The number of nitrogens with one attached hydrogen (secondary N) is 1. The first-order valence-corrected chi connectivity index (χ1v) is 5.43. The van der Waals surface area contributed by atoms with Gasteiger partial charge in [0, 0.05) is 13.0 Å². The van der Waals surface area contributed by atoms with E-state index in [1.165, 1.54) is 12.1 Å². The maximum Gasteiger partial charge on any atom is 0.230 e. The van der Waals surface area contributed by atoms with Gasteiger partial charge in [0.25, 0.3) is 0 Å². The van der Waals surface area contributed by atoms with Crippen molar-refractivity contribution in [3.05, 3.63) is 47.4 Å². The summed E-state index contributed by atoms with van der Waals surface area (Å²) >= 11 is 0. The summed E-state index contributed by atoms with van der Waals surface area (Å²) in [4.78, 5) is 0. The minimum Gasteiger partial charge on any atom is -0.424 e. The van der Waals surface area contributed by atoms with Gasteiger partial charge in [0.2, 0.25) is 11.8 Å². The van der Waals surface area contributed by atoms with E-state index in [2.05, 4.69) is 15.5 Å². The van der Waals surface area contributed by atoms with Crippen LogP contribution in [0.15, 0.2) is 28.7 Å². The molecular formula is C12H14FN3O. The molecule has 1 aromatic heterocycles. The van der Waals surface area contributed by atoms with E-state index in [1.54, 1.807) is 19.1 Å². The molecule has 1 aromatic carbocycles. The Morgan fingerprint density at radius 3 is 2.59 bits per heavy atom. The van der Waals surface area contributed by atoms with Crippen molar-refractivity contribution in [2.24, 2.45) is 0 Å². The smallest absolute Gasteiger partial charge is 0.230 e. The quantitative estimate of drug-likeness (QED) is 0.883. The average molecular weight is 235 g/mol. The zero-order chi connectivity index (χ0) is 12.3. The van der Waals surface area contributed by atoms with Crippen LogP contribution in [0.5, 0.6) is 0 Å². The predicted octanol–water partition coefficient (Wildman–Crippen LogP) is 2.37. The van der Waals surface area contributed by atoms with E-state index in [1.807, 2.05) is 6.92 Å². The standard InChI is InChI=1S/C12H14FN3O/c1-8(10-3-5-11(13)6-4-10)14-7-12-16-15-9(2)17-12/h3-6,8,14H,7H2,1-2H3. The van der Waals surface area contributed by atoms with Gasteiger partial charge in [0.1, 0.15) is 5.82 Å². The summed E-state index contributed by atoms with van der Waals surface area (Å²) in [6.45, 7) is 4.25. The number of halogens is 1. The molecular weight excluding hydrogens is 221 g/mol. The van der Waals surface area contributed by atoms with E-state index in [-0.39, 0.29) is 11.9 Å². The van der Waals surface area contributed by atoms with E-state index in [9.17, 15) is 4.39 Å². The summed E-state index contributed by atoms with van der Waals surface area (Å²) in [7, 11) is 0. The molecule has 1 heterocycles. The van der Waals surface area contributed by atoms with Gasteiger partial charge in [-0.25, -0.2) is 4.39 Å². The van der Waals surface area contributed by atoms with Gasteiger partial charge in [0.15, 0.2) is 0 Å². The largest absolute Gasteiger partial charge is 0.424 e. The summed E-state index contributed by atoms with van der Waals surface area (Å²) in [5.74, 6) is 0.876. The van der Waals surface area contributed by atoms with Gasteiger partial charge in [-0.2, -0.15) is 0 Å². The molecule has 90 valence electrons. The van der Waals surface area contributed by atoms with Crippen LogP contribution < -0.4 is 5.32 Å². The third kappa shape index (κ3) is 3.10. The lowest BCUT2D eigenvalue weighted by atomic mass is 10.1. The summed E-state index contributed by atoms with van der Waals surface area (Å²) in [5.41, 5.74) is 1.02. The Hall–Kier alpha value is -1.75. The lowest BCUT2D eigenvalue weighted by Crippen LogP contribution is -2.18. The SMILES string of the molecule is Cc1nnc(CNC(C)c2ccc(F)cc2)o1. The molecule has 0 aliphatic rings. The third-order valence-corrected chi connectivity index (χ3v) is 2.50. The Labute approximate surface area is 98.9 Å². The third-order valence-electron chi connectivity index (χ3n) is 2.50. The number of aryl methyl sites for hydroxylation is 1. The van der Waals surface area contributed by atoms with Gasteiger partial charge in [-0.05, 0) is 24.6 Å². The lowest BCUT2D eigenvalue weighted by Gasteiger charge is -2.12. The molecule has 2 aromatic rings. The first-order chi connectivity index (χ1) is 8.15. The van der Waals surface area contributed by atoms with Gasteiger partial charge in [-0.3, -0.25) is 0 Å². The maximum atomic E-state index is 12.7. The van der Waals surface area contributed by atoms with Gasteiger partial charge in [-0.1, -0.05) is 12.1 Å². The van der Waals surface area contributed by atoms with Crippen molar-refractivity contribution < 1.29 is 8.81 Å². The number of hydrogen-bond acceptors (Lipinski definition) is 4. The van der Waals surface area contributed by atoms with E-state index in [4.69, 9.17) is 4.42 Å². The van der Waals surface area contributed by atoms with Crippen LogP contribution in [-0.2, 0) is 6.54 Å². The van der Waals surface area contributed by atoms with E-state index in [0.29, 0.717) is 18.3 Å². The highest BCUT2D eigenvalue weighted by molar-refractivity contribution is 5.19. The van der Waals surface area contributed by atoms with E-state index < -0.39 is 0 Å². The van der Waals surface area contributed by atoms with Crippen LogP contribution in [0.3, 0.4) is 0 Å². The second-order valence-electron chi connectivity index (χ2n) is 3.87. The Morgan fingerprint density at radius 1 is 1.29 bits per heavy atom. The Bertz CT molecular complexity index is 481. The molecule has 1 N–H and O–H groups in total. The molecule has 5 heteroatoms. The fourth-order valence-electron chi connectivity index (χ4n) is 1.52. The topological polar surface area (TPSA) is 51.0 Å². The fraction of sp³-hybridized carbons (Fsp3) is 0.333. The molecule has 0 radical (unpaired) electrons. The second kappa shape index (κ2) is 5.05. The summed E-state index contributed by atoms with van der Waals surface area (Å²) in [5, 5.41) is 10.9. The molecule has 1 atom stereocenters. The highest BCUT2D eigenvalue weighted by atomic mass is 19.1. The molecule has 2 rings (SSSR count). The molecule has 0 spiro atoms. The zero-order valence-electron chi connectivity index (χ0n) is 9.77. The molecule has 0 saturated carbocycles. The normalized spacial score (nSPS) is 12.6. The van der Waals surface area contributed by atoms with Crippen LogP contribution in [0.1, 0.15) is 30.3 Å². The number of aromatic nitrogens is 2. The van der Waals surface area contributed by atoms with Crippen molar-refractivity contribution in [1.82, 2.24) is 15.5 Å². The summed E-state index contributed by atoms with van der Waals surface area (Å²) in [6, 6.07) is 6.51. The molecule has 1 unspecified atom stereocenters. The monoisotopic (exact) mass is 235 g/mol. The Balaban J connectivity index is 1.93.